The predicted molar refractivity (Wildman–Crippen MR) is 102 cm³/mol. The lowest BCUT2D eigenvalue weighted by atomic mass is 10.1. The van der Waals surface area contributed by atoms with Gasteiger partial charge in [-0.1, -0.05) is 18.7 Å². The summed E-state index contributed by atoms with van der Waals surface area (Å²) < 4.78 is 12.0. The summed E-state index contributed by atoms with van der Waals surface area (Å²) in [6, 6.07) is 10.6. The first kappa shape index (κ1) is 18.1. The summed E-state index contributed by atoms with van der Waals surface area (Å²) in [4.78, 5) is 11.0. The molecule has 2 aromatic rings. The Balaban J connectivity index is 2.15. The molecule has 0 bridgehead atoms. The molecular formula is C18H18INO4. The van der Waals surface area contributed by atoms with Crippen LogP contribution in [0.5, 0.6) is 11.5 Å². The lowest BCUT2D eigenvalue weighted by Gasteiger charge is -2.14. The number of nitrogens with one attached hydrogen (secondary N) is 1. The molecule has 0 aliphatic rings. The average Bonchev–Trinajstić information content (AvgIpc) is 2.58. The normalized spacial score (nSPS) is 10.1. The summed E-state index contributed by atoms with van der Waals surface area (Å²) in [7, 11) is 1.60. The fraction of sp³-hybridized carbons (Fsp3) is 0.167. The fourth-order valence-electron chi connectivity index (χ4n) is 2.12. The predicted octanol–water partition coefficient (Wildman–Crippen LogP) is 4.17. The zero-order chi connectivity index (χ0) is 17.5. The Bertz CT molecular complexity index is 746. The summed E-state index contributed by atoms with van der Waals surface area (Å²) in [6.07, 6.45) is 1.68. The van der Waals surface area contributed by atoms with E-state index >= 15 is 0 Å². The molecule has 0 heterocycles. The molecule has 6 heteroatoms. The van der Waals surface area contributed by atoms with Crippen molar-refractivity contribution in [2.75, 3.05) is 19.0 Å². The highest BCUT2D eigenvalue weighted by Crippen LogP contribution is 2.34. The molecule has 2 rings (SSSR count). The average molecular weight is 439 g/mol. The SMILES string of the molecule is C=CCOc1c(I)cc(CNc2cccc(C(=O)O)c2)cc1OC. The molecule has 0 saturated heterocycles. The standard InChI is InChI=1S/C18H18INO4/c1-3-7-24-17-15(19)8-12(9-16(17)23-2)11-20-14-6-4-5-13(10-14)18(21)22/h3-6,8-10,20H,1,7,11H2,2H3,(H,21,22). The minimum Gasteiger partial charge on any atom is -0.493 e. The van der Waals surface area contributed by atoms with Crippen molar-refractivity contribution in [1.29, 1.82) is 0 Å². The molecule has 0 aromatic heterocycles. The lowest BCUT2D eigenvalue weighted by Crippen LogP contribution is -2.04. The van der Waals surface area contributed by atoms with Gasteiger partial charge in [-0.25, -0.2) is 4.79 Å². The van der Waals surface area contributed by atoms with Crippen LogP contribution in [0.1, 0.15) is 15.9 Å². The molecular weight excluding hydrogens is 421 g/mol. The Morgan fingerprint density at radius 2 is 2.17 bits per heavy atom. The summed E-state index contributed by atoms with van der Waals surface area (Å²) in [5.41, 5.74) is 2.00. The highest BCUT2D eigenvalue weighted by Gasteiger charge is 2.11. The largest absolute Gasteiger partial charge is 0.493 e. The van der Waals surface area contributed by atoms with Crippen LogP contribution in [0.15, 0.2) is 49.1 Å². The minimum atomic E-state index is -0.946. The second-order valence-corrected chi connectivity index (χ2v) is 6.11. The van der Waals surface area contributed by atoms with E-state index in [1.807, 2.05) is 18.2 Å². The van der Waals surface area contributed by atoms with E-state index < -0.39 is 5.97 Å². The number of hydrogen-bond donors (Lipinski definition) is 2. The van der Waals surface area contributed by atoms with Crippen molar-refractivity contribution < 1.29 is 19.4 Å². The molecule has 0 fully saturated rings. The first-order valence-corrected chi connectivity index (χ1v) is 8.30. The third-order valence-electron chi connectivity index (χ3n) is 3.24. The van der Waals surface area contributed by atoms with Gasteiger partial charge in [-0.3, -0.25) is 0 Å². The van der Waals surface area contributed by atoms with Gasteiger partial charge in [-0.2, -0.15) is 0 Å². The number of carbonyl (C=O) groups is 1. The summed E-state index contributed by atoms with van der Waals surface area (Å²) in [5, 5.41) is 12.3. The van der Waals surface area contributed by atoms with Crippen molar-refractivity contribution in [3.8, 4) is 11.5 Å². The second kappa shape index (κ2) is 8.58. The van der Waals surface area contributed by atoms with Gasteiger partial charge in [0.2, 0.25) is 0 Å². The van der Waals surface area contributed by atoms with Gasteiger partial charge in [0.25, 0.3) is 0 Å². The molecule has 0 radical (unpaired) electrons. The summed E-state index contributed by atoms with van der Waals surface area (Å²) >= 11 is 2.20. The van der Waals surface area contributed by atoms with Gasteiger partial charge in [-0.15, -0.1) is 0 Å². The molecule has 24 heavy (non-hydrogen) atoms. The molecule has 0 unspecified atom stereocenters. The van der Waals surface area contributed by atoms with E-state index in [4.69, 9.17) is 14.6 Å². The number of methoxy groups -OCH3 is 1. The van der Waals surface area contributed by atoms with E-state index in [1.54, 1.807) is 31.4 Å². The van der Waals surface area contributed by atoms with Crippen LogP contribution in [-0.4, -0.2) is 24.8 Å². The molecule has 0 spiro atoms. The van der Waals surface area contributed by atoms with Crippen LogP contribution in [0.3, 0.4) is 0 Å². The number of ether oxygens (including phenoxy) is 2. The quantitative estimate of drug-likeness (QED) is 0.478. The zero-order valence-electron chi connectivity index (χ0n) is 13.2. The number of benzene rings is 2. The molecule has 126 valence electrons. The van der Waals surface area contributed by atoms with E-state index in [0.29, 0.717) is 24.7 Å². The number of carboxylic acid groups (broad SMARTS) is 1. The van der Waals surface area contributed by atoms with Crippen LogP contribution in [-0.2, 0) is 6.54 Å². The molecule has 0 aliphatic carbocycles. The molecule has 5 nitrogen and oxygen atoms in total. The molecule has 0 atom stereocenters. The van der Waals surface area contributed by atoms with Gasteiger partial charge in [0.1, 0.15) is 6.61 Å². The highest BCUT2D eigenvalue weighted by molar-refractivity contribution is 14.1. The Kier molecular flexibility index (Phi) is 6.48. The van der Waals surface area contributed by atoms with Gasteiger partial charge in [0, 0.05) is 12.2 Å². The van der Waals surface area contributed by atoms with Gasteiger partial charge >= 0.3 is 5.97 Å². The Labute approximate surface area is 154 Å². The Hall–Kier alpha value is -2.22. The van der Waals surface area contributed by atoms with E-state index in [-0.39, 0.29) is 5.56 Å². The van der Waals surface area contributed by atoms with Crippen molar-refractivity contribution in [3.05, 3.63) is 63.8 Å². The third-order valence-corrected chi connectivity index (χ3v) is 4.04. The fourth-order valence-corrected chi connectivity index (χ4v) is 2.95. The highest BCUT2D eigenvalue weighted by atomic mass is 127. The van der Waals surface area contributed by atoms with Crippen LogP contribution >= 0.6 is 22.6 Å². The van der Waals surface area contributed by atoms with Crippen molar-refractivity contribution in [3.63, 3.8) is 0 Å². The van der Waals surface area contributed by atoms with Crippen molar-refractivity contribution in [1.82, 2.24) is 0 Å². The van der Waals surface area contributed by atoms with Crippen LogP contribution in [0.4, 0.5) is 5.69 Å². The van der Waals surface area contributed by atoms with Crippen molar-refractivity contribution in [2.45, 2.75) is 6.54 Å². The van der Waals surface area contributed by atoms with E-state index in [0.717, 1.165) is 14.8 Å². The molecule has 0 amide bonds. The number of halogens is 1. The van der Waals surface area contributed by atoms with Crippen LogP contribution < -0.4 is 14.8 Å². The Morgan fingerprint density at radius 1 is 1.38 bits per heavy atom. The lowest BCUT2D eigenvalue weighted by molar-refractivity contribution is 0.0697. The van der Waals surface area contributed by atoms with E-state index in [9.17, 15) is 4.79 Å². The maximum absolute atomic E-state index is 11.0. The Morgan fingerprint density at radius 3 is 2.83 bits per heavy atom. The van der Waals surface area contributed by atoms with E-state index in [2.05, 4.69) is 34.5 Å². The third kappa shape index (κ3) is 4.64. The van der Waals surface area contributed by atoms with Gasteiger partial charge in [-0.05, 0) is 58.5 Å². The molecule has 2 aromatic carbocycles. The topological polar surface area (TPSA) is 67.8 Å². The maximum atomic E-state index is 11.0. The van der Waals surface area contributed by atoms with Crippen LogP contribution in [0.2, 0.25) is 0 Å². The van der Waals surface area contributed by atoms with Crippen LogP contribution in [0.25, 0.3) is 0 Å². The van der Waals surface area contributed by atoms with Crippen molar-refractivity contribution in [2.24, 2.45) is 0 Å². The smallest absolute Gasteiger partial charge is 0.335 e. The number of anilines is 1. The molecule has 0 aliphatic heterocycles. The maximum Gasteiger partial charge on any atom is 0.335 e. The van der Waals surface area contributed by atoms with Gasteiger partial charge < -0.3 is 19.9 Å². The van der Waals surface area contributed by atoms with Crippen molar-refractivity contribution >= 4 is 34.2 Å². The molecule has 0 saturated carbocycles. The van der Waals surface area contributed by atoms with Gasteiger partial charge in [0.15, 0.2) is 11.5 Å². The first-order valence-electron chi connectivity index (χ1n) is 7.22. The molecule has 2 N–H and O–H groups in total. The number of carboxylic acids is 1. The van der Waals surface area contributed by atoms with Crippen LogP contribution in [0, 0.1) is 3.57 Å². The zero-order valence-corrected chi connectivity index (χ0v) is 15.4. The first-order chi connectivity index (χ1) is 11.5. The number of aromatic carboxylic acids is 1. The number of rotatable bonds is 8. The van der Waals surface area contributed by atoms with E-state index in [1.165, 1.54) is 0 Å². The minimum absolute atomic E-state index is 0.250. The van der Waals surface area contributed by atoms with Gasteiger partial charge in [0.05, 0.1) is 16.2 Å². The monoisotopic (exact) mass is 439 g/mol. The second-order valence-electron chi connectivity index (χ2n) is 4.95. The summed E-state index contributed by atoms with van der Waals surface area (Å²) in [5.74, 6) is 0.396. The number of hydrogen-bond acceptors (Lipinski definition) is 4. The summed E-state index contributed by atoms with van der Waals surface area (Å²) in [6.45, 7) is 4.59.